The third-order valence-electron chi connectivity index (χ3n) is 3.52. The van der Waals surface area contributed by atoms with E-state index >= 15 is 0 Å². The van der Waals surface area contributed by atoms with E-state index in [1.165, 1.54) is 17.7 Å². The molecule has 0 amide bonds. The molecule has 0 saturated heterocycles. The van der Waals surface area contributed by atoms with E-state index in [-0.39, 0.29) is 5.97 Å². The van der Waals surface area contributed by atoms with Gasteiger partial charge in [-0.2, -0.15) is 0 Å². The molecule has 0 fully saturated rings. The Morgan fingerprint density at radius 3 is 2.52 bits per heavy atom. The molecule has 0 saturated carbocycles. The predicted octanol–water partition coefficient (Wildman–Crippen LogP) is 4.20. The zero-order valence-electron chi connectivity index (χ0n) is 12.7. The third kappa shape index (κ3) is 5.10. The molecule has 0 N–H and O–H groups in total. The van der Waals surface area contributed by atoms with E-state index in [2.05, 4.69) is 31.2 Å². The number of hydrogen-bond donors (Lipinski definition) is 0. The molecule has 1 unspecified atom stereocenters. The van der Waals surface area contributed by atoms with Crippen LogP contribution in [0.15, 0.2) is 42.5 Å². The molecule has 0 bridgehead atoms. The summed E-state index contributed by atoms with van der Waals surface area (Å²) in [6.07, 6.45) is 1.83. The summed E-state index contributed by atoms with van der Waals surface area (Å²) in [4.78, 5) is 10.7. The number of benzene rings is 2. The van der Waals surface area contributed by atoms with Gasteiger partial charge in [0.15, 0.2) is 0 Å². The van der Waals surface area contributed by atoms with Gasteiger partial charge in [0, 0.05) is 6.92 Å². The molecule has 0 radical (unpaired) electrons. The Kier molecular flexibility index (Phi) is 5.61. The van der Waals surface area contributed by atoms with Crippen LogP contribution in [0.4, 0.5) is 0 Å². The summed E-state index contributed by atoms with van der Waals surface area (Å²) in [6.45, 7) is 4.76. The molecule has 21 heavy (non-hydrogen) atoms. The van der Waals surface area contributed by atoms with Gasteiger partial charge in [-0.3, -0.25) is 4.79 Å². The van der Waals surface area contributed by atoms with Crippen molar-refractivity contribution in [3.63, 3.8) is 0 Å². The summed E-state index contributed by atoms with van der Waals surface area (Å²) < 4.78 is 10.8. The first-order valence-electron chi connectivity index (χ1n) is 7.40. The molecule has 0 aliphatic rings. The van der Waals surface area contributed by atoms with Crippen LogP contribution in [-0.4, -0.2) is 19.2 Å². The van der Waals surface area contributed by atoms with Crippen molar-refractivity contribution in [3.8, 4) is 5.75 Å². The number of fused-ring (bicyclic) bond motifs is 1. The fraction of sp³-hybridized carbons (Fsp3) is 0.389. The maximum Gasteiger partial charge on any atom is 0.302 e. The van der Waals surface area contributed by atoms with Gasteiger partial charge >= 0.3 is 5.97 Å². The minimum Gasteiger partial charge on any atom is -0.494 e. The average Bonchev–Trinajstić information content (AvgIpc) is 2.47. The molecule has 0 aliphatic carbocycles. The fourth-order valence-corrected chi connectivity index (χ4v) is 2.18. The molecule has 2 aromatic carbocycles. The first-order chi connectivity index (χ1) is 10.1. The molecule has 2 aromatic rings. The van der Waals surface area contributed by atoms with Gasteiger partial charge in [-0.15, -0.1) is 0 Å². The van der Waals surface area contributed by atoms with Crippen LogP contribution in [0.1, 0.15) is 26.7 Å². The Balaban J connectivity index is 1.75. The van der Waals surface area contributed by atoms with E-state index in [1.54, 1.807) is 0 Å². The number of esters is 1. The van der Waals surface area contributed by atoms with E-state index < -0.39 is 0 Å². The highest BCUT2D eigenvalue weighted by Crippen LogP contribution is 2.21. The summed E-state index contributed by atoms with van der Waals surface area (Å²) >= 11 is 0. The van der Waals surface area contributed by atoms with E-state index in [4.69, 9.17) is 9.47 Å². The Hall–Kier alpha value is -2.03. The zero-order chi connectivity index (χ0) is 15.1. The van der Waals surface area contributed by atoms with Gasteiger partial charge in [0.05, 0.1) is 13.2 Å². The highest BCUT2D eigenvalue weighted by molar-refractivity contribution is 5.83. The van der Waals surface area contributed by atoms with Crippen molar-refractivity contribution in [3.05, 3.63) is 42.5 Å². The van der Waals surface area contributed by atoms with Crippen LogP contribution in [0.5, 0.6) is 5.75 Å². The third-order valence-corrected chi connectivity index (χ3v) is 3.52. The van der Waals surface area contributed by atoms with E-state index in [9.17, 15) is 4.79 Å². The van der Waals surface area contributed by atoms with Gasteiger partial charge in [0.1, 0.15) is 5.75 Å². The normalized spacial score (nSPS) is 12.1. The number of carbonyl (C=O) groups is 1. The van der Waals surface area contributed by atoms with Crippen LogP contribution in [0, 0.1) is 5.92 Å². The average molecular weight is 286 g/mol. The topological polar surface area (TPSA) is 35.5 Å². The monoisotopic (exact) mass is 286 g/mol. The number of ether oxygens (including phenoxy) is 2. The summed E-state index contributed by atoms with van der Waals surface area (Å²) in [5, 5.41) is 2.41. The van der Waals surface area contributed by atoms with Gasteiger partial charge in [-0.05, 0) is 41.7 Å². The Labute approximate surface area is 125 Å². The minimum atomic E-state index is -0.213. The van der Waals surface area contributed by atoms with Gasteiger partial charge in [0.25, 0.3) is 0 Å². The second kappa shape index (κ2) is 7.67. The summed E-state index contributed by atoms with van der Waals surface area (Å²) in [5.74, 6) is 1.17. The summed E-state index contributed by atoms with van der Waals surface area (Å²) in [6, 6.07) is 14.4. The molecule has 0 aromatic heterocycles. The predicted molar refractivity (Wildman–Crippen MR) is 84.5 cm³/mol. The molecular weight excluding hydrogens is 264 g/mol. The second-order valence-corrected chi connectivity index (χ2v) is 5.38. The smallest absolute Gasteiger partial charge is 0.302 e. The molecule has 0 aliphatic heterocycles. The first-order valence-corrected chi connectivity index (χ1v) is 7.40. The van der Waals surface area contributed by atoms with Crippen molar-refractivity contribution >= 4 is 16.7 Å². The number of rotatable bonds is 7. The lowest BCUT2D eigenvalue weighted by molar-refractivity contribution is -0.141. The Morgan fingerprint density at radius 2 is 1.76 bits per heavy atom. The highest BCUT2D eigenvalue weighted by atomic mass is 16.5. The second-order valence-electron chi connectivity index (χ2n) is 5.38. The number of carbonyl (C=O) groups excluding carboxylic acids is 1. The minimum absolute atomic E-state index is 0.213. The molecule has 0 spiro atoms. The van der Waals surface area contributed by atoms with Crippen LogP contribution >= 0.6 is 0 Å². The van der Waals surface area contributed by atoms with Crippen molar-refractivity contribution < 1.29 is 14.3 Å². The van der Waals surface area contributed by atoms with Crippen LogP contribution < -0.4 is 4.74 Å². The largest absolute Gasteiger partial charge is 0.494 e. The van der Waals surface area contributed by atoms with Crippen LogP contribution in [-0.2, 0) is 9.53 Å². The lowest BCUT2D eigenvalue weighted by atomic mass is 10.1. The first kappa shape index (κ1) is 15.4. The molecule has 3 heteroatoms. The lowest BCUT2D eigenvalue weighted by Gasteiger charge is -2.12. The number of hydrogen-bond acceptors (Lipinski definition) is 3. The van der Waals surface area contributed by atoms with Crippen molar-refractivity contribution in [1.29, 1.82) is 0 Å². The van der Waals surface area contributed by atoms with Gasteiger partial charge in [-0.1, -0.05) is 37.3 Å². The lowest BCUT2D eigenvalue weighted by Crippen LogP contribution is -2.08. The summed E-state index contributed by atoms with van der Waals surface area (Å²) in [7, 11) is 0. The standard InChI is InChI=1S/C18H22O3/c1-14(9-11-20-15(2)19)10-12-21-18-8-7-16-5-3-4-6-17(16)13-18/h3-8,13-14H,9-12H2,1-2H3. The molecule has 2 rings (SSSR count). The summed E-state index contributed by atoms with van der Waals surface area (Å²) in [5.41, 5.74) is 0. The zero-order valence-corrected chi connectivity index (χ0v) is 12.7. The van der Waals surface area contributed by atoms with E-state index in [1.807, 2.05) is 18.2 Å². The quantitative estimate of drug-likeness (QED) is 0.716. The Morgan fingerprint density at radius 1 is 1.05 bits per heavy atom. The molecule has 0 heterocycles. The molecule has 3 nitrogen and oxygen atoms in total. The van der Waals surface area contributed by atoms with E-state index in [0.29, 0.717) is 19.1 Å². The van der Waals surface area contributed by atoms with E-state index in [0.717, 1.165) is 18.6 Å². The van der Waals surface area contributed by atoms with Crippen molar-refractivity contribution in [1.82, 2.24) is 0 Å². The van der Waals surface area contributed by atoms with Crippen molar-refractivity contribution in [2.45, 2.75) is 26.7 Å². The molecular formula is C18H22O3. The highest BCUT2D eigenvalue weighted by Gasteiger charge is 2.04. The fourth-order valence-electron chi connectivity index (χ4n) is 2.18. The van der Waals surface area contributed by atoms with Gasteiger partial charge < -0.3 is 9.47 Å². The van der Waals surface area contributed by atoms with Crippen LogP contribution in [0.3, 0.4) is 0 Å². The molecule has 1 atom stereocenters. The maximum atomic E-state index is 10.7. The Bertz CT molecular complexity index is 592. The van der Waals surface area contributed by atoms with Crippen LogP contribution in [0.2, 0.25) is 0 Å². The van der Waals surface area contributed by atoms with Gasteiger partial charge in [0.2, 0.25) is 0 Å². The van der Waals surface area contributed by atoms with Gasteiger partial charge in [-0.25, -0.2) is 0 Å². The molecule has 112 valence electrons. The van der Waals surface area contributed by atoms with Crippen molar-refractivity contribution in [2.24, 2.45) is 5.92 Å². The SMILES string of the molecule is CC(=O)OCCC(C)CCOc1ccc2ccccc2c1. The maximum absolute atomic E-state index is 10.7. The van der Waals surface area contributed by atoms with Crippen molar-refractivity contribution in [2.75, 3.05) is 13.2 Å². The van der Waals surface area contributed by atoms with Crippen LogP contribution in [0.25, 0.3) is 10.8 Å².